The number of imide groups is 1. The zero-order valence-electron chi connectivity index (χ0n) is 28.3. The molecule has 1 aliphatic rings. The first-order valence-corrected chi connectivity index (χ1v) is 16.5. The molecule has 4 rings (SSSR count). The fourth-order valence-electron chi connectivity index (χ4n) is 5.89. The Morgan fingerprint density at radius 3 is 2.49 bits per heavy atom. The number of hydrogen-bond acceptors (Lipinski definition) is 10. The monoisotopic (exact) mass is 666 g/mol. The molecule has 0 spiro atoms. The molecule has 1 saturated heterocycles. The standard InChI is InChI=1S/C34H47ClN8O4/c1-8-43(9-2)27-13-12-22(16-24(27)35)40-30-23-15-21(28(47-7)17-26(23)38-19-39-30)18-34(4,5)29(41-31(44)20(3)36-6)33(46)42-32(45)25-11-10-14-37-25/h12-13,15-17,19-20,25,29,36-37H,8-11,14,18H2,1-7H3,(H,41,44)(H,38,39,40)(H,42,45,46)/t20-,25-,29+/m0/s1. The normalized spacial score (nSPS) is 16.0. The lowest BCUT2D eigenvalue weighted by Gasteiger charge is -2.35. The molecule has 2 heterocycles. The summed E-state index contributed by atoms with van der Waals surface area (Å²) < 4.78 is 5.78. The van der Waals surface area contributed by atoms with Crippen molar-refractivity contribution < 1.29 is 19.1 Å². The van der Waals surface area contributed by atoms with E-state index in [1.54, 1.807) is 21.1 Å². The van der Waals surface area contributed by atoms with Crippen LogP contribution in [0.5, 0.6) is 5.75 Å². The Bertz CT molecular complexity index is 1590. The molecule has 0 radical (unpaired) electrons. The van der Waals surface area contributed by atoms with E-state index in [0.29, 0.717) is 41.5 Å². The fourth-order valence-corrected chi connectivity index (χ4v) is 6.19. The van der Waals surface area contributed by atoms with Gasteiger partial charge in [-0.25, -0.2) is 9.97 Å². The molecule has 0 saturated carbocycles. The molecule has 0 aliphatic carbocycles. The number of rotatable bonds is 14. The van der Waals surface area contributed by atoms with Gasteiger partial charge in [-0.3, -0.25) is 19.7 Å². The van der Waals surface area contributed by atoms with Crippen molar-refractivity contribution in [3.63, 3.8) is 0 Å². The lowest BCUT2D eigenvalue weighted by molar-refractivity contribution is -0.137. The number of fused-ring (bicyclic) bond motifs is 1. The molecule has 2 aromatic carbocycles. The summed E-state index contributed by atoms with van der Waals surface area (Å²) in [5.74, 6) is -0.180. The minimum Gasteiger partial charge on any atom is -0.496 e. The SMILES string of the molecule is CCN(CC)c1ccc(Nc2ncnc3cc(OC)c(CC(C)(C)[C@H](NC(=O)[C@H](C)NC)C(=O)NC(=O)[C@@H]4CCCN4)cc23)cc1Cl. The van der Waals surface area contributed by atoms with Crippen LogP contribution in [0.25, 0.3) is 10.9 Å². The van der Waals surface area contributed by atoms with Crippen LogP contribution >= 0.6 is 11.6 Å². The van der Waals surface area contributed by atoms with Crippen LogP contribution in [0.15, 0.2) is 36.7 Å². The maximum absolute atomic E-state index is 13.7. The molecule has 3 aromatic rings. The van der Waals surface area contributed by atoms with Gasteiger partial charge < -0.3 is 30.9 Å². The highest BCUT2D eigenvalue weighted by atomic mass is 35.5. The van der Waals surface area contributed by atoms with Crippen LogP contribution in [0.2, 0.25) is 5.02 Å². The second kappa shape index (κ2) is 15.7. The maximum atomic E-state index is 13.7. The number of aromatic nitrogens is 2. The van der Waals surface area contributed by atoms with Crippen molar-refractivity contribution in [2.24, 2.45) is 5.41 Å². The average molecular weight is 667 g/mol. The summed E-state index contributed by atoms with van der Waals surface area (Å²) in [6, 6.07) is 7.56. The van der Waals surface area contributed by atoms with Gasteiger partial charge in [-0.2, -0.15) is 0 Å². The highest BCUT2D eigenvalue weighted by molar-refractivity contribution is 6.33. The van der Waals surface area contributed by atoms with Crippen LogP contribution in [-0.4, -0.2) is 79.6 Å². The molecule has 1 aliphatic heterocycles. The molecule has 0 unspecified atom stereocenters. The third kappa shape index (κ3) is 8.48. The van der Waals surface area contributed by atoms with E-state index < -0.39 is 35.4 Å². The number of methoxy groups -OCH3 is 1. The van der Waals surface area contributed by atoms with Crippen molar-refractivity contribution >= 4 is 57.4 Å². The topological polar surface area (TPSA) is 150 Å². The molecule has 13 heteroatoms. The average Bonchev–Trinajstić information content (AvgIpc) is 3.60. The Balaban J connectivity index is 1.67. The summed E-state index contributed by atoms with van der Waals surface area (Å²) >= 11 is 6.67. The number of nitrogens with zero attached hydrogens (tertiary/aromatic N) is 3. The summed E-state index contributed by atoms with van der Waals surface area (Å²) in [4.78, 5) is 50.8. The van der Waals surface area contributed by atoms with E-state index in [9.17, 15) is 14.4 Å². The van der Waals surface area contributed by atoms with Gasteiger partial charge in [0.15, 0.2) is 0 Å². The summed E-state index contributed by atoms with van der Waals surface area (Å²) in [6.07, 6.45) is 3.30. The largest absolute Gasteiger partial charge is 0.496 e. The van der Waals surface area contributed by atoms with E-state index >= 15 is 0 Å². The minimum absolute atomic E-state index is 0.313. The first kappa shape index (κ1) is 35.8. The molecular weight excluding hydrogens is 620 g/mol. The zero-order valence-corrected chi connectivity index (χ0v) is 29.0. The number of amides is 3. The van der Waals surface area contributed by atoms with Gasteiger partial charge in [0.1, 0.15) is 23.9 Å². The van der Waals surface area contributed by atoms with Crippen molar-refractivity contribution in [2.75, 3.05) is 44.0 Å². The fraction of sp³-hybridized carbons (Fsp3) is 0.500. The van der Waals surface area contributed by atoms with Crippen LogP contribution < -0.4 is 36.2 Å². The van der Waals surface area contributed by atoms with Gasteiger partial charge in [-0.1, -0.05) is 25.4 Å². The first-order chi connectivity index (χ1) is 22.4. The van der Waals surface area contributed by atoms with Gasteiger partial charge >= 0.3 is 0 Å². The molecule has 1 aromatic heterocycles. The molecule has 0 bridgehead atoms. The van der Waals surface area contributed by atoms with Crippen LogP contribution in [0, 0.1) is 5.41 Å². The van der Waals surface area contributed by atoms with Crippen molar-refractivity contribution in [3.8, 4) is 5.75 Å². The zero-order chi connectivity index (χ0) is 34.3. The third-order valence-electron chi connectivity index (χ3n) is 8.78. The highest BCUT2D eigenvalue weighted by Crippen LogP contribution is 2.36. The van der Waals surface area contributed by atoms with Gasteiger partial charge in [0, 0.05) is 30.2 Å². The van der Waals surface area contributed by atoms with E-state index in [1.807, 2.05) is 44.2 Å². The van der Waals surface area contributed by atoms with E-state index in [4.69, 9.17) is 16.3 Å². The van der Waals surface area contributed by atoms with Gasteiger partial charge in [0.05, 0.1) is 35.4 Å². The number of likely N-dealkylation sites (N-methyl/N-ethyl adjacent to an activating group) is 1. The van der Waals surface area contributed by atoms with Crippen LogP contribution in [0.1, 0.15) is 53.0 Å². The Morgan fingerprint density at radius 2 is 1.87 bits per heavy atom. The lowest BCUT2D eigenvalue weighted by Crippen LogP contribution is -2.59. The molecular formula is C34H47ClN8O4. The Labute approximate surface area is 281 Å². The number of carbonyl (C=O) groups excluding carboxylic acids is 3. The number of carbonyl (C=O) groups is 3. The molecule has 47 heavy (non-hydrogen) atoms. The Hall–Kier alpha value is -4.00. The van der Waals surface area contributed by atoms with Crippen molar-refractivity contribution in [3.05, 3.63) is 47.2 Å². The summed E-state index contributed by atoms with van der Waals surface area (Å²) in [7, 11) is 3.24. The third-order valence-corrected chi connectivity index (χ3v) is 9.08. The molecule has 1 fully saturated rings. The molecule has 5 N–H and O–H groups in total. The number of anilines is 3. The van der Waals surface area contributed by atoms with Gasteiger partial charge in [-0.15, -0.1) is 0 Å². The Morgan fingerprint density at radius 1 is 1.13 bits per heavy atom. The van der Waals surface area contributed by atoms with E-state index in [2.05, 4.69) is 55.3 Å². The summed E-state index contributed by atoms with van der Waals surface area (Å²) in [6.45, 7) is 12.0. The number of benzene rings is 2. The number of nitrogens with one attached hydrogen (secondary N) is 5. The molecule has 254 valence electrons. The van der Waals surface area contributed by atoms with Gasteiger partial charge in [0.25, 0.3) is 0 Å². The number of halogens is 1. The second-order valence-corrected chi connectivity index (χ2v) is 12.9. The van der Waals surface area contributed by atoms with Gasteiger partial charge in [-0.05, 0) is 88.9 Å². The van der Waals surface area contributed by atoms with Crippen molar-refractivity contribution in [2.45, 2.75) is 72.0 Å². The molecule has 12 nitrogen and oxygen atoms in total. The number of ether oxygens (including phenoxy) is 1. The van der Waals surface area contributed by atoms with Crippen molar-refractivity contribution in [1.29, 1.82) is 0 Å². The van der Waals surface area contributed by atoms with Gasteiger partial charge in [0.2, 0.25) is 17.7 Å². The highest BCUT2D eigenvalue weighted by Gasteiger charge is 2.39. The predicted molar refractivity (Wildman–Crippen MR) is 186 cm³/mol. The first-order valence-electron chi connectivity index (χ1n) is 16.1. The van der Waals surface area contributed by atoms with Crippen molar-refractivity contribution in [1.82, 2.24) is 31.2 Å². The lowest BCUT2D eigenvalue weighted by atomic mass is 9.77. The Kier molecular flexibility index (Phi) is 12.0. The quantitative estimate of drug-likeness (QED) is 0.171. The van der Waals surface area contributed by atoms with Crippen LogP contribution in [0.3, 0.4) is 0 Å². The minimum atomic E-state index is -1.03. The number of hydrogen-bond donors (Lipinski definition) is 5. The smallest absolute Gasteiger partial charge is 0.249 e. The second-order valence-electron chi connectivity index (χ2n) is 12.5. The maximum Gasteiger partial charge on any atom is 0.249 e. The molecule has 3 atom stereocenters. The van der Waals surface area contributed by atoms with E-state index in [-0.39, 0.29) is 5.91 Å². The van der Waals surface area contributed by atoms with Crippen LogP contribution in [-0.2, 0) is 20.8 Å². The summed E-state index contributed by atoms with van der Waals surface area (Å²) in [5, 5.41) is 16.2. The van der Waals surface area contributed by atoms with E-state index in [1.165, 1.54) is 6.33 Å². The van der Waals surface area contributed by atoms with E-state index in [0.717, 1.165) is 41.8 Å². The molecule has 3 amide bonds. The summed E-state index contributed by atoms with van der Waals surface area (Å²) in [5.41, 5.74) is 2.29. The predicted octanol–water partition coefficient (Wildman–Crippen LogP) is 3.94. The van der Waals surface area contributed by atoms with Crippen LogP contribution in [0.4, 0.5) is 17.2 Å².